The molecular formula is C35H37ClN4O5. The Morgan fingerprint density at radius 3 is 2.49 bits per heavy atom. The third-order valence-electron chi connectivity index (χ3n) is 9.21. The van der Waals surface area contributed by atoms with Crippen molar-refractivity contribution in [3.63, 3.8) is 0 Å². The van der Waals surface area contributed by atoms with Crippen LogP contribution in [-0.2, 0) is 29.2 Å². The summed E-state index contributed by atoms with van der Waals surface area (Å²) in [6, 6.07) is 17.0. The lowest BCUT2D eigenvalue weighted by atomic mass is 9.93. The van der Waals surface area contributed by atoms with E-state index in [1.165, 1.54) is 7.11 Å². The molecule has 0 spiro atoms. The first-order valence-corrected chi connectivity index (χ1v) is 16.2. The fraction of sp³-hybridized carbons (Fsp3) is 0.429. The maximum Gasteiger partial charge on any atom is 0.337 e. The van der Waals surface area contributed by atoms with Crippen LogP contribution in [0.3, 0.4) is 0 Å². The van der Waals surface area contributed by atoms with E-state index in [1.54, 1.807) is 12.1 Å². The largest absolute Gasteiger partial charge is 0.473 e. The molecular weight excluding hydrogens is 592 g/mol. The van der Waals surface area contributed by atoms with Gasteiger partial charge in [0, 0.05) is 46.4 Å². The van der Waals surface area contributed by atoms with Crippen molar-refractivity contribution in [2.75, 3.05) is 26.8 Å². The van der Waals surface area contributed by atoms with Gasteiger partial charge in [-0.2, -0.15) is 0 Å². The smallest absolute Gasteiger partial charge is 0.337 e. The molecule has 2 aliphatic heterocycles. The number of ether oxygens (including phenoxy) is 3. The number of ketones is 1. The molecule has 2 saturated heterocycles. The quantitative estimate of drug-likeness (QED) is 0.143. The Morgan fingerprint density at radius 1 is 0.978 bits per heavy atom. The summed E-state index contributed by atoms with van der Waals surface area (Å²) in [7, 11) is 1.40. The molecule has 2 aromatic carbocycles. The lowest BCUT2D eigenvalue weighted by molar-refractivity contribution is -0.0592. The zero-order chi connectivity index (χ0) is 30.9. The van der Waals surface area contributed by atoms with E-state index in [9.17, 15) is 9.59 Å². The second-order valence-electron chi connectivity index (χ2n) is 12.3. The number of Topliss-reactive ketones (excluding diaryl/α,β-unsaturated/α-hetero) is 1. The average Bonchev–Trinajstić information content (AvgIpc) is 3.84. The highest BCUT2D eigenvalue weighted by molar-refractivity contribution is 6.31. The number of fused-ring (bicyclic) bond motifs is 1. The molecule has 1 aliphatic carbocycles. The highest BCUT2D eigenvalue weighted by atomic mass is 35.5. The van der Waals surface area contributed by atoms with Crippen molar-refractivity contribution in [3.8, 4) is 5.88 Å². The number of benzene rings is 2. The Labute approximate surface area is 267 Å². The van der Waals surface area contributed by atoms with E-state index in [1.807, 2.05) is 36.4 Å². The number of pyridine rings is 1. The van der Waals surface area contributed by atoms with Crippen molar-refractivity contribution in [2.45, 2.75) is 63.8 Å². The van der Waals surface area contributed by atoms with Crippen LogP contribution in [0.25, 0.3) is 11.0 Å². The van der Waals surface area contributed by atoms with Gasteiger partial charge in [-0.15, -0.1) is 0 Å². The lowest BCUT2D eigenvalue weighted by Gasteiger charge is -2.32. The van der Waals surface area contributed by atoms with E-state index in [4.69, 9.17) is 35.8 Å². The topological polar surface area (TPSA) is 95.8 Å². The molecule has 2 aromatic heterocycles. The van der Waals surface area contributed by atoms with Gasteiger partial charge in [0.05, 0.1) is 42.9 Å². The lowest BCUT2D eigenvalue weighted by Crippen LogP contribution is -2.35. The minimum absolute atomic E-state index is 0.167. The zero-order valence-electron chi connectivity index (χ0n) is 25.4. The highest BCUT2D eigenvalue weighted by Crippen LogP contribution is 2.34. The molecule has 1 atom stereocenters. The Bertz CT molecular complexity index is 1720. The van der Waals surface area contributed by atoms with Gasteiger partial charge in [0.25, 0.3) is 0 Å². The van der Waals surface area contributed by atoms with Crippen LogP contribution in [0.1, 0.15) is 75.8 Å². The van der Waals surface area contributed by atoms with Crippen molar-refractivity contribution in [1.29, 1.82) is 0 Å². The Hall–Kier alpha value is -3.79. The number of methoxy groups -OCH3 is 1. The standard InChI is InChI=1S/C35H37ClN4O5/c1-43-35(42)25-9-10-30-31(18-25)40(19-27-13-16-44-27)32(37-30)20-39-14-11-22(12-15-39)29-3-2-4-33(38-29)45-21-26-8-7-24(17-28(26)36)34(41)23-5-6-23/h2-4,7-10,17-18,22-23,27H,5-6,11-16,19-21H2,1H3/t27-/m0/s1. The SMILES string of the molecule is COC(=O)c1ccc2nc(CN3CCC(c4cccc(OCc5ccc(C(=O)C6CC6)cc5Cl)n4)CC3)n(C[C@@H]3CCO3)c2c1. The maximum absolute atomic E-state index is 12.4. The summed E-state index contributed by atoms with van der Waals surface area (Å²) in [4.78, 5) is 36.8. The molecule has 234 valence electrons. The molecule has 3 aliphatic rings. The van der Waals surface area contributed by atoms with E-state index in [0.717, 1.165) is 93.0 Å². The van der Waals surface area contributed by atoms with E-state index < -0.39 is 0 Å². The molecule has 0 radical (unpaired) electrons. The molecule has 10 heteroatoms. The van der Waals surface area contributed by atoms with Gasteiger partial charge in [0.15, 0.2) is 5.78 Å². The molecule has 4 heterocycles. The summed E-state index contributed by atoms with van der Waals surface area (Å²) < 4.78 is 19.0. The van der Waals surface area contributed by atoms with Crippen LogP contribution in [0.15, 0.2) is 54.6 Å². The van der Waals surface area contributed by atoms with Crippen LogP contribution < -0.4 is 4.74 Å². The van der Waals surface area contributed by atoms with E-state index in [-0.39, 0.29) is 23.8 Å². The summed E-state index contributed by atoms with van der Waals surface area (Å²) >= 11 is 6.49. The third kappa shape index (κ3) is 6.61. The van der Waals surface area contributed by atoms with Crippen LogP contribution in [0.4, 0.5) is 0 Å². The average molecular weight is 629 g/mol. The van der Waals surface area contributed by atoms with Crippen LogP contribution in [-0.4, -0.2) is 64.1 Å². The number of hydrogen-bond donors (Lipinski definition) is 0. The molecule has 7 rings (SSSR count). The molecule has 45 heavy (non-hydrogen) atoms. The third-order valence-corrected chi connectivity index (χ3v) is 9.56. The van der Waals surface area contributed by atoms with Crippen LogP contribution in [0, 0.1) is 5.92 Å². The van der Waals surface area contributed by atoms with Crippen molar-refractivity contribution in [2.24, 2.45) is 5.92 Å². The Morgan fingerprint density at radius 2 is 1.78 bits per heavy atom. The second-order valence-corrected chi connectivity index (χ2v) is 12.7. The van der Waals surface area contributed by atoms with Crippen molar-refractivity contribution < 1.29 is 23.8 Å². The van der Waals surface area contributed by atoms with Crippen LogP contribution in [0.2, 0.25) is 5.02 Å². The fourth-order valence-corrected chi connectivity index (χ4v) is 6.49. The Balaban J connectivity index is 0.981. The molecule has 0 amide bonds. The van der Waals surface area contributed by atoms with Crippen molar-refractivity contribution in [3.05, 3.63) is 87.8 Å². The summed E-state index contributed by atoms with van der Waals surface area (Å²) in [5.41, 5.74) is 4.87. The van der Waals surface area contributed by atoms with Gasteiger partial charge < -0.3 is 18.8 Å². The van der Waals surface area contributed by atoms with E-state index in [2.05, 4.69) is 15.5 Å². The number of esters is 1. The molecule has 9 nitrogen and oxygen atoms in total. The fourth-order valence-electron chi connectivity index (χ4n) is 6.25. The second kappa shape index (κ2) is 12.9. The molecule has 4 aromatic rings. The number of hydrogen-bond acceptors (Lipinski definition) is 8. The van der Waals surface area contributed by atoms with Crippen LogP contribution in [0.5, 0.6) is 5.88 Å². The van der Waals surface area contributed by atoms with E-state index >= 15 is 0 Å². The number of carbonyl (C=O) groups excluding carboxylic acids is 2. The molecule has 1 saturated carbocycles. The summed E-state index contributed by atoms with van der Waals surface area (Å²) in [6.45, 7) is 4.38. The van der Waals surface area contributed by atoms with E-state index in [0.29, 0.717) is 34.6 Å². The maximum atomic E-state index is 12.4. The number of halogens is 1. The predicted molar refractivity (Wildman–Crippen MR) is 170 cm³/mol. The first-order chi connectivity index (χ1) is 21.9. The number of likely N-dealkylation sites (tertiary alicyclic amines) is 1. The predicted octanol–water partition coefficient (Wildman–Crippen LogP) is 6.21. The zero-order valence-corrected chi connectivity index (χ0v) is 26.2. The monoisotopic (exact) mass is 628 g/mol. The Kier molecular flexibility index (Phi) is 8.57. The highest BCUT2D eigenvalue weighted by Gasteiger charge is 2.31. The van der Waals surface area contributed by atoms with Gasteiger partial charge in [-0.05, 0) is 75.5 Å². The molecule has 0 N–H and O–H groups in total. The minimum atomic E-state index is -0.351. The molecule has 0 unspecified atom stereocenters. The van der Waals surface area contributed by atoms with Gasteiger partial charge in [-0.1, -0.05) is 29.8 Å². The summed E-state index contributed by atoms with van der Waals surface area (Å²) in [6.07, 6.45) is 5.11. The van der Waals surface area contributed by atoms with Crippen molar-refractivity contribution in [1.82, 2.24) is 19.4 Å². The number of nitrogens with zero attached hydrogens (tertiary/aromatic N) is 4. The van der Waals surface area contributed by atoms with Crippen LogP contribution >= 0.6 is 11.6 Å². The minimum Gasteiger partial charge on any atom is -0.473 e. The number of imidazole rings is 1. The molecule has 3 fully saturated rings. The first kappa shape index (κ1) is 29.9. The van der Waals surface area contributed by atoms with Gasteiger partial charge >= 0.3 is 5.97 Å². The number of piperidine rings is 1. The first-order valence-electron chi connectivity index (χ1n) is 15.8. The van der Waals surface area contributed by atoms with Gasteiger partial charge in [-0.25, -0.2) is 14.8 Å². The van der Waals surface area contributed by atoms with Gasteiger partial charge in [-0.3, -0.25) is 9.69 Å². The molecule has 0 bridgehead atoms. The number of carbonyl (C=O) groups is 2. The normalized spacial score (nSPS) is 18.9. The van der Waals surface area contributed by atoms with Gasteiger partial charge in [0.1, 0.15) is 12.4 Å². The number of rotatable bonds is 11. The summed E-state index contributed by atoms with van der Waals surface area (Å²) in [5, 5.41) is 0.544. The van der Waals surface area contributed by atoms with Crippen molar-refractivity contribution >= 4 is 34.4 Å². The van der Waals surface area contributed by atoms with Gasteiger partial charge in [0.2, 0.25) is 5.88 Å². The number of aromatic nitrogens is 3. The summed E-state index contributed by atoms with van der Waals surface area (Å²) in [5.74, 6) is 1.89.